The molecular formula is C20H17Br2N3O. The summed E-state index contributed by atoms with van der Waals surface area (Å²) in [7, 11) is 0. The van der Waals surface area contributed by atoms with Crippen LogP contribution in [0.3, 0.4) is 0 Å². The number of fused-ring (bicyclic) bond motifs is 1. The first-order valence-corrected chi connectivity index (χ1v) is 10.0. The van der Waals surface area contributed by atoms with E-state index in [1.807, 2.05) is 36.4 Å². The highest BCUT2D eigenvalue weighted by atomic mass is 79.9. The van der Waals surface area contributed by atoms with E-state index in [0.29, 0.717) is 6.54 Å². The number of piperidine rings is 1. The fourth-order valence-corrected chi connectivity index (χ4v) is 3.99. The lowest BCUT2D eigenvalue weighted by molar-refractivity contribution is 0.239. The van der Waals surface area contributed by atoms with Crippen LogP contribution in [0, 0.1) is 5.92 Å². The van der Waals surface area contributed by atoms with Gasteiger partial charge in [0, 0.05) is 28.0 Å². The summed E-state index contributed by atoms with van der Waals surface area (Å²) in [6, 6.07) is 15.9. The van der Waals surface area contributed by atoms with Crippen LogP contribution in [0.1, 0.15) is 17.2 Å². The predicted octanol–water partition coefficient (Wildman–Crippen LogP) is 4.72. The van der Waals surface area contributed by atoms with Crippen molar-refractivity contribution in [3.8, 4) is 0 Å². The van der Waals surface area contributed by atoms with Crippen LogP contribution in [0.2, 0.25) is 0 Å². The third-order valence-electron chi connectivity index (χ3n) is 4.70. The van der Waals surface area contributed by atoms with Crippen molar-refractivity contribution in [3.05, 3.63) is 74.2 Å². The van der Waals surface area contributed by atoms with Gasteiger partial charge in [0.05, 0.1) is 11.8 Å². The minimum absolute atomic E-state index is 0.0794. The molecule has 0 aliphatic carbocycles. The molecule has 2 atom stereocenters. The number of carbonyl (C=O) groups excluding carboxylic acids is 1. The van der Waals surface area contributed by atoms with Crippen molar-refractivity contribution >= 4 is 49.7 Å². The summed E-state index contributed by atoms with van der Waals surface area (Å²) in [6.07, 6.45) is 2.11. The van der Waals surface area contributed by atoms with Gasteiger partial charge in [-0.25, -0.2) is 4.79 Å². The Balaban J connectivity index is 1.69. The quantitative estimate of drug-likeness (QED) is 0.661. The highest BCUT2D eigenvalue weighted by molar-refractivity contribution is 9.10. The molecule has 2 aromatic rings. The number of benzene rings is 2. The van der Waals surface area contributed by atoms with Crippen molar-refractivity contribution in [1.29, 1.82) is 0 Å². The second-order valence-electron chi connectivity index (χ2n) is 6.43. The summed E-state index contributed by atoms with van der Waals surface area (Å²) in [5, 5.41) is 6.50. The zero-order valence-corrected chi connectivity index (χ0v) is 17.0. The molecule has 2 aliphatic heterocycles. The molecule has 0 bridgehead atoms. The standard InChI is InChI=1S/C20H17Br2N3O/c21-15-5-1-12(2-6-15)9-14-10-23-11-17-18(24-20(26)25-19(14)17)13-3-7-16(22)8-4-13/h1-9,17-18,23H,10-11H2,(H,24,26)/b14-9+. The van der Waals surface area contributed by atoms with Crippen LogP contribution < -0.4 is 10.6 Å². The number of urea groups is 1. The third-order valence-corrected chi connectivity index (χ3v) is 5.76. The molecule has 0 spiro atoms. The smallest absolute Gasteiger partial charge is 0.329 e. The van der Waals surface area contributed by atoms with Crippen LogP contribution in [0.25, 0.3) is 6.08 Å². The molecule has 4 nitrogen and oxygen atoms in total. The molecule has 26 heavy (non-hydrogen) atoms. The summed E-state index contributed by atoms with van der Waals surface area (Å²) in [5.74, 6) is 0.115. The van der Waals surface area contributed by atoms with Crippen LogP contribution in [0.15, 0.2) is 68.0 Å². The van der Waals surface area contributed by atoms with E-state index >= 15 is 0 Å². The molecule has 0 aromatic heterocycles. The number of amides is 2. The first kappa shape index (κ1) is 17.6. The Morgan fingerprint density at radius 3 is 2.35 bits per heavy atom. The van der Waals surface area contributed by atoms with Crippen molar-refractivity contribution < 1.29 is 4.79 Å². The minimum Gasteiger partial charge on any atom is -0.329 e. The largest absolute Gasteiger partial charge is 0.341 e. The van der Waals surface area contributed by atoms with Crippen LogP contribution in [-0.2, 0) is 0 Å². The number of aliphatic imine (C=N–C) groups is 1. The maximum Gasteiger partial charge on any atom is 0.341 e. The molecule has 132 valence electrons. The lowest BCUT2D eigenvalue weighted by Gasteiger charge is -2.37. The number of hydrogen-bond acceptors (Lipinski definition) is 2. The molecule has 1 fully saturated rings. The first-order valence-electron chi connectivity index (χ1n) is 8.42. The molecule has 2 aliphatic rings. The van der Waals surface area contributed by atoms with Gasteiger partial charge in [0.25, 0.3) is 0 Å². The summed E-state index contributed by atoms with van der Waals surface area (Å²) >= 11 is 6.93. The lowest BCUT2D eigenvalue weighted by atomic mass is 9.82. The normalized spacial score (nSPS) is 24.0. The number of nitrogens with one attached hydrogen (secondary N) is 2. The van der Waals surface area contributed by atoms with E-state index in [9.17, 15) is 4.79 Å². The van der Waals surface area contributed by atoms with E-state index < -0.39 is 0 Å². The molecule has 2 aromatic carbocycles. The van der Waals surface area contributed by atoms with Gasteiger partial charge in [-0.15, -0.1) is 0 Å². The van der Waals surface area contributed by atoms with E-state index in [4.69, 9.17) is 0 Å². The molecule has 1 saturated heterocycles. The molecule has 2 unspecified atom stereocenters. The maximum absolute atomic E-state index is 12.2. The van der Waals surface area contributed by atoms with Gasteiger partial charge in [0.15, 0.2) is 0 Å². The van der Waals surface area contributed by atoms with E-state index in [0.717, 1.165) is 37.9 Å². The van der Waals surface area contributed by atoms with Gasteiger partial charge in [0.1, 0.15) is 0 Å². The highest BCUT2D eigenvalue weighted by Gasteiger charge is 2.37. The summed E-state index contributed by atoms with van der Waals surface area (Å²) in [5.41, 5.74) is 4.15. The number of nitrogens with zero attached hydrogens (tertiary/aromatic N) is 1. The Morgan fingerprint density at radius 1 is 1.00 bits per heavy atom. The Bertz CT molecular complexity index is 888. The molecule has 6 heteroatoms. The van der Waals surface area contributed by atoms with Crippen molar-refractivity contribution in [2.45, 2.75) is 6.04 Å². The van der Waals surface area contributed by atoms with Crippen LogP contribution in [0.4, 0.5) is 4.79 Å². The van der Waals surface area contributed by atoms with Crippen LogP contribution in [0.5, 0.6) is 0 Å². The molecule has 2 heterocycles. The second-order valence-corrected chi connectivity index (χ2v) is 8.27. The average Bonchev–Trinajstić information content (AvgIpc) is 2.64. The SMILES string of the molecule is O=C1N=C2/C(=C/c3ccc(Br)cc3)CNCC2C(c2ccc(Br)cc2)N1. The van der Waals surface area contributed by atoms with Crippen LogP contribution in [-0.4, -0.2) is 24.8 Å². The van der Waals surface area contributed by atoms with E-state index in [1.54, 1.807) is 0 Å². The Morgan fingerprint density at radius 2 is 1.65 bits per heavy atom. The van der Waals surface area contributed by atoms with Crippen molar-refractivity contribution in [3.63, 3.8) is 0 Å². The molecule has 0 radical (unpaired) electrons. The van der Waals surface area contributed by atoms with E-state index in [-0.39, 0.29) is 18.0 Å². The topological polar surface area (TPSA) is 53.5 Å². The molecule has 2 N–H and O–H groups in total. The molecular weight excluding hydrogens is 458 g/mol. The van der Waals surface area contributed by atoms with Gasteiger partial charge >= 0.3 is 6.03 Å². The monoisotopic (exact) mass is 473 g/mol. The Kier molecular flexibility index (Phi) is 5.07. The zero-order chi connectivity index (χ0) is 18.1. The second kappa shape index (κ2) is 7.47. The fraction of sp³-hybridized carbons (Fsp3) is 0.200. The Hall–Kier alpha value is -1.76. The van der Waals surface area contributed by atoms with Crippen molar-refractivity contribution in [2.24, 2.45) is 10.9 Å². The fourth-order valence-electron chi connectivity index (χ4n) is 3.46. The average molecular weight is 475 g/mol. The summed E-state index contributed by atoms with van der Waals surface area (Å²) in [6.45, 7) is 1.50. The first-order chi connectivity index (χ1) is 12.6. The predicted molar refractivity (Wildman–Crippen MR) is 111 cm³/mol. The van der Waals surface area contributed by atoms with Crippen LogP contribution >= 0.6 is 31.9 Å². The summed E-state index contributed by atoms with van der Waals surface area (Å²) < 4.78 is 2.07. The van der Waals surface area contributed by atoms with Gasteiger partial charge in [-0.3, -0.25) is 0 Å². The van der Waals surface area contributed by atoms with Crippen molar-refractivity contribution in [2.75, 3.05) is 13.1 Å². The zero-order valence-electron chi connectivity index (χ0n) is 13.9. The molecule has 0 saturated carbocycles. The molecule has 4 rings (SSSR count). The van der Waals surface area contributed by atoms with E-state index in [1.165, 1.54) is 0 Å². The molecule has 2 amide bonds. The van der Waals surface area contributed by atoms with Gasteiger partial charge < -0.3 is 10.6 Å². The third kappa shape index (κ3) is 3.68. The van der Waals surface area contributed by atoms with Crippen molar-refractivity contribution in [1.82, 2.24) is 10.6 Å². The van der Waals surface area contributed by atoms with Gasteiger partial charge in [-0.05, 0) is 47.0 Å². The number of hydrogen-bond donors (Lipinski definition) is 2. The van der Waals surface area contributed by atoms with Gasteiger partial charge in [-0.1, -0.05) is 56.1 Å². The minimum atomic E-state index is -0.271. The lowest BCUT2D eigenvalue weighted by Crippen LogP contribution is -2.50. The van der Waals surface area contributed by atoms with E-state index in [2.05, 4.69) is 65.7 Å². The number of rotatable bonds is 2. The summed E-state index contributed by atoms with van der Waals surface area (Å²) in [4.78, 5) is 16.6. The Labute approximate surface area is 169 Å². The maximum atomic E-state index is 12.2. The van der Waals surface area contributed by atoms with Gasteiger partial charge in [0.2, 0.25) is 0 Å². The number of halogens is 2. The number of carbonyl (C=O) groups is 1. The highest BCUT2D eigenvalue weighted by Crippen LogP contribution is 2.32. The van der Waals surface area contributed by atoms with Gasteiger partial charge in [-0.2, -0.15) is 4.99 Å².